The second-order valence-corrected chi connectivity index (χ2v) is 7.63. The molecule has 11 heteroatoms. The lowest BCUT2D eigenvalue weighted by molar-refractivity contribution is -0.145. The number of piperazine rings is 2. The summed E-state index contributed by atoms with van der Waals surface area (Å²) in [6.45, 7) is 3.11. The van der Waals surface area contributed by atoms with Gasteiger partial charge in [0, 0.05) is 45.3 Å². The molecule has 1 atom stereocenters. The number of hydrogen-bond donors (Lipinski definition) is 2. The molecule has 2 heterocycles. The maximum Gasteiger partial charge on any atom is 0.243 e. The molecule has 0 bridgehead atoms. The number of carbonyl (C=O) groups is 4. The van der Waals surface area contributed by atoms with Gasteiger partial charge in [-0.15, -0.1) is 0 Å². The number of ether oxygens (including phenoxy) is 2. The van der Waals surface area contributed by atoms with E-state index in [0.717, 1.165) is 6.41 Å². The zero-order chi connectivity index (χ0) is 23.1. The Morgan fingerprint density at radius 1 is 1.16 bits per heavy atom. The van der Waals surface area contributed by atoms with Crippen LogP contribution in [0.25, 0.3) is 0 Å². The number of nitrogens with one attached hydrogen (secondary N) is 2. The highest BCUT2D eigenvalue weighted by atomic mass is 16.5. The van der Waals surface area contributed by atoms with Gasteiger partial charge >= 0.3 is 0 Å². The van der Waals surface area contributed by atoms with E-state index in [4.69, 9.17) is 9.47 Å². The fourth-order valence-corrected chi connectivity index (χ4v) is 3.81. The molecule has 0 aromatic heterocycles. The van der Waals surface area contributed by atoms with E-state index >= 15 is 0 Å². The molecule has 0 aliphatic carbocycles. The van der Waals surface area contributed by atoms with Gasteiger partial charge in [-0.2, -0.15) is 0 Å². The lowest BCUT2D eigenvalue weighted by Gasteiger charge is -2.37. The van der Waals surface area contributed by atoms with Crippen LogP contribution in [-0.4, -0.2) is 105 Å². The molecule has 32 heavy (non-hydrogen) atoms. The third kappa shape index (κ3) is 5.67. The molecule has 2 fully saturated rings. The van der Waals surface area contributed by atoms with Gasteiger partial charge < -0.3 is 29.9 Å². The number of carbonyl (C=O) groups excluding carboxylic acids is 4. The van der Waals surface area contributed by atoms with E-state index in [-0.39, 0.29) is 24.8 Å². The molecule has 2 aliphatic heterocycles. The number of anilines is 1. The van der Waals surface area contributed by atoms with Crippen LogP contribution in [0, 0.1) is 0 Å². The summed E-state index contributed by atoms with van der Waals surface area (Å²) in [5.74, 6) is 0.00734. The van der Waals surface area contributed by atoms with E-state index in [9.17, 15) is 19.2 Å². The van der Waals surface area contributed by atoms with Gasteiger partial charge in [-0.25, -0.2) is 0 Å². The number of amides is 4. The Labute approximate surface area is 186 Å². The largest absolute Gasteiger partial charge is 0.497 e. The summed E-state index contributed by atoms with van der Waals surface area (Å²) in [6, 6.07) is 4.10. The summed E-state index contributed by atoms with van der Waals surface area (Å²) in [7, 11) is 3.00. The third-order valence-electron chi connectivity index (χ3n) is 5.63. The van der Waals surface area contributed by atoms with Crippen molar-refractivity contribution in [3.8, 4) is 11.5 Å². The monoisotopic (exact) mass is 447 g/mol. The minimum Gasteiger partial charge on any atom is -0.497 e. The quantitative estimate of drug-likeness (QED) is 0.497. The summed E-state index contributed by atoms with van der Waals surface area (Å²) >= 11 is 0. The first-order chi connectivity index (χ1) is 15.4. The molecule has 0 spiro atoms. The predicted octanol–water partition coefficient (Wildman–Crippen LogP) is -0.867. The summed E-state index contributed by atoms with van der Waals surface area (Å²) in [6.07, 6.45) is 0.622. The van der Waals surface area contributed by atoms with E-state index < -0.39 is 11.9 Å². The molecule has 1 aromatic rings. The van der Waals surface area contributed by atoms with Gasteiger partial charge in [-0.1, -0.05) is 0 Å². The highest BCUT2D eigenvalue weighted by Gasteiger charge is 2.35. The summed E-state index contributed by atoms with van der Waals surface area (Å²) < 4.78 is 10.5. The molecule has 3 rings (SSSR count). The molecule has 1 aromatic carbocycles. The normalized spacial score (nSPS) is 19.2. The highest BCUT2D eigenvalue weighted by molar-refractivity contribution is 5.98. The molecule has 174 valence electrons. The smallest absolute Gasteiger partial charge is 0.243 e. The molecule has 0 unspecified atom stereocenters. The number of methoxy groups -OCH3 is 2. The lowest BCUT2D eigenvalue weighted by atomic mass is 10.1. The van der Waals surface area contributed by atoms with Crippen LogP contribution >= 0.6 is 0 Å². The van der Waals surface area contributed by atoms with Gasteiger partial charge in [0.1, 0.15) is 17.5 Å². The number of rotatable bonds is 8. The first kappa shape index (κ1) is 23.3. The standard InChI is InChI=1S/C21H29N5O6/c1-31-15-3-4-18(32-2)16(11-15)23-19(28)12-17-21(30)22-5-6-26(17)20(29)13-24-7-9-25(14-27)10-8-24/h3-4,11,14,17H,5-10,12-13H2,1-2H3,(H,22,30)(H,23,28)/t17-/m0/s1. The predicted molar refractivity (Wildman–Crippen MR) is 115 cm³/mol. The molecular formula is C21H29N5O6. The van der Waals surface area contributed by atoms with Gasteiger partial charge in [0.2, 0.25) is 24.1 Å². The Morgan fingerprint density at radius 2 is 1.91 bits per heavy atom. The Balaban J connectivity index is 1.64. The van der Waals surface area contributed by atoms with Crippen molar-refractivity contribution in [2.75, 3.05) is 65.3 Å². The third-order valence-corrected chi connectivity index (χ3v) is 5.63. The first-order valence-electron chi connectivity index (χ1n) is 10.5. The van der Waals surface area contributed by atoms with Crippen molar-refractivity contribution >= 4 is 29.8 Å². The van der Waals surface area contributed by atoms with E-state index in [0.29, 0.717) is 56.5 Å². The molecule has 4 amide bonds. The zero-order valence-corrected chi connectivity index (χ0v) is 18.3. The minimum atomic E-state index is -0.899. The van der Waals surface area contributed by atoms with Crippen LogP contribution in [0.2, 0.25) is 0 Å². The van der Waals surface area contributed by atoms with Crippen molar-refractivity contribution < 1.29 is 28.7 Å². The van der Waals surface area contributed by atoms with Crippen molar-refractivity contribution in [2.24, 2.45) is 0 Å². The van der Waals surface area contributed by atoms with Gasteiger partial charge in [0.15, 0.2) is 0 Å². The van der Waals surface area contributed by atoms with Gasteiger partial charge in [0.25, 0.3) is 0 Å². The van der Waals surface area contributed by atoms with Crippen LogP contribution in [0.3, 0.4) is 0 Å². The van der Waals surface area contributed by atoms with Crippen LogP contribution in [-0.2, 0) is 19.2 Å². The number of nitrogens with zero attached hydrogens (tertiary/aromatic N) is 3. The zero-order valence-electron chi connectivity index (χ0n) is 18.3. The number of benzene rings is 1. The number of hydrogen-bond acceptors (Lipinski definition) is 7. The minimum absolute atomic E-state index is 0.141. The Morgan fingerprint density at radius 3 is 2.56 bits per heavy atom. The average molecular weight is 447 g/mol. The topological polar surface area (TPSA) is 121 Å². The molecule has 11 nitrogen and oxygen atoms in total. The first-order valence-corrected chi connectivity index (χ1v) is 10.5. The summed E-state index contributed by atoms with van der Waals surface area (Å²) in [4.78, 5) is 54.1. The Kier molecular flexibility index (Phi) is 7.87. The summed E-state index contributed by atoms with van der Waals surface area (Å²) in [5, 5.41) is 5.47. The highest BCUT2D eigenvalue weighted by Crippen LogP contribution is 2.29. The molecular weight excluding hydrogens is 418 g/mol. The van der Waals surface area contributed by atoms with E-state index in [1.165, 1.54) is 19.1 Å². The van der Waals surface area contributed by atoms with Gasteiger partial charge in [-0.3, -0.25) is 24.1 Å². The maximum atomic E-state index is 12.9. The van der Waals surface area contributed by atoms with Crippen molar-refractivity contribution in [2.45, 2.75) is 12.5 Å². The molecule has 2 saturated heterocycles. The van der Waals surface area contributed by atoms with Gasteiger partial charge in [0.05, 0.1) is 32.9 Å². The maximum absolute atomic E-state index is 12.9. The van der Waals surface area contributed by atoms with Crippen LogP contribution in [0.15, 0.2) is 18.2 Å². The Bertz CT molecular complexity index is 855. The lowest BCUT2D eigenvalue weighted by Crippen LogP contribution is -2.60. The SMILES string of the molecule is COc1ccc(OC)c(NC(=O)C[C@H]2C(=O)NCCN2C(=O)CN2CCN(C=O)CC2)c1. The van der Waals surface area contributed by atoms with Crippen molar-refractivity contribution in [3.63, 3.8) is 0 Å². The second-order valence-electron chi connectivity index (χ2n) is 7.63. The van der Waals surface area contributed by atoms with Crippen LogP contribution in [0.5, 0.6) is 11.5 Å². The van der Waals surface area contributed by atoms with Crippen molar-refractivity contribution in [1.82, 2.24) is 20.0 Å². The molecule has 2 N–H and O–H groups in total. The van der Waals surface area contributed by atoms with Crippen LogP contribution < -0.4 is 20.1 Å². The fourth-order valence-electron chi connectivity index (χ4n) is 3.81. The van der Waals surface area contributed by atoms with Crippen molar-refractivity contribution in [3.05, 3.63) is 18.2 Å². The Hall–Kier alpha value is -3.34. The van der Waals surface area contributed by atoms with Gasteiger partial charge in [-0.05, 0) is 12.1 Å². The van der Waals surface area contributed by atoms with Crippen LogP contribution in [0.4, 0.5) is 5.69 Å². The van der Waals surface area contributed by atoms with E-state index in [1.54, 1.807) is 23.1 Å². The second kappa shape index (κ2) is 10.8. The molecule has 0 saturated carbocycles. The fraction of sp³-hybridized carbons (Fsp3) is 0.524. The van der Waals surface area contributed by atoms with E-state index in [1.807, 2.05) is 4.90 Å². The van der Waals surface area contributed by atoms with Crippen molar-refractivity contribution in [1.29, 1.82) is 0 Å². The average Bonchev–Trinajstić information content (AvgIpc) is 2.80. The van der Waals surface area contributed by atoms with Crippen LogP contribution in [0.1, 0.15) is 6.42 Å². The van der Waals surface area contributed by atoms with E-state index in [2.05, 4.69) is 10.6 Å². The molecule has 2 aliphatic rings. The molecule has 0 radical (unpaired) electrons. The summed E-state index contributed by atoms with van der Waals surface area (Å²) in [5.41, 5.74) is 0.416.